The van der Waals surface area contributed by atoms with Crippen molar-refractivity contribution in [3.63, 3.8) is 0 Å². The lowest BCUT2D eigenvalue weighted by Crippen LogP contribution is -2.65. The Labute approximate surface area is 237 Å². The maximum Gasteiger partial charge on any atom is 0.481 e. The number of rotatable bonds is 9. The van der Waals surface area contributed by atoms with Gasteiger partial charge in [0.25, 0.3) is 5.91 Å². The molecular formula is C31H42BN3O5. The minimum atomic E-state index is -1.17. The molecule has 0 radical (unpaired) electrons. The van der Waals surface area contributed by atoms with Crippen molar-refractivity contribution >= 4 is 18.9 Å². The predicted molar refractivity (Wildman–Crippen MR) is 154 cm³/mol. The molecule has 2 heterocycles. The van der Waals surface area contributed by atoms with Crippen molar-refractivity contribution in [3.8, 4) is 11.3 Å². The second-order valence-electron chi connectivity index (χ2n) is 13.0. The molecule has 1 aromatic carbocycles. The Morgan fingerprint density at radius 1 is 1.05 bits per heavy atom. The van der Waals surface area contributed by atoms with Gasteiger partial charge in [0, 0.05) is 5.56 Å². The van der Waals surface area contributed by atoms with Crippen LogP contribution in [-0.4, -0.2) is 58.8 Å². The van der Waals surface area contributed by atoms with Gasteiger partial charge in [-0.05, 0) is 68.4 Å². The number of hydrogen-bond donors (Lipinski definition) is 3. The zero-order chi connectivity index (χ0) is 28.8. The van der Waals surface area contributed by atoms with E-state index in [1.54, 1.807) is 12.1 Å². The van der Waals surface area contributed by atoms with E-state index >= 15 is 0 Å². The molecule has 4 fully saturated rings. The molecule has 1 saturated heterocycles. The molecule has 9 heteroatoms. The third kappa shape index (κ3) is 5.31. The Bertz CT molecular complexity index is 1240. The fourth-order valence-electron chi connectivity index (χ4n) is 7.04. The van der Waals surface area contributed by atoms with Gasteiger partial charge in [-0.3, -0.25) is 9.59 Å². The molecule has 0 spiro atoms. The van der Waals surface area contributed by atoms with Gasteiger partial charge in [-0.15, -0.1) is 0 Å². The fraction of sp³-hybridized carbons (Fsp3) is 0.581. The summed E-state index contributed by atoms with van der Waals surface area (Å²) >= 11 is 0. The van der Waals surface area contributed by atoms with E-state index in [9.17, 15) is 14.7 Å². The van der Waals surface area contributed by atoms with Crippen LogP contribution < -0.4 is 10.6 Å². The number of benzene rings is 1. The lowest BCUT2D eigenvalue weighted by Gasteiger charge is -2.64. The molecule has 2 bridgehead atoms. The third-order valence-corrected chi connectivity index (χ3v) is 9.45. The molecule has 2 aromatic rings. The van der Waals surface area contributed by atoms with Crippen molar-refractivity contribution in [2.75, 3.05) is 0 Å². The van der Waals surface area contributed by atoms with Crippen molar-refractivity contribution in [2.45, 2.75) is 90.6 Å². The quantitative estimate of drug-likeness (QED) is 0.409. The molecule has 40 heavy (non-hydrogen) atoms. The Morgan fingerprint density at radius 2 is 1.77 bits per heavy atom. The lowest BCUT2D eigenvalue weighted by atomic mass is 9.43. The predicted octanol–water partition coefficient (Wildman–Crippen LogP) is 4.03. The molecule has 1 aromatic heterocycles. The summed E-state index contributed by atoms with van der Waals surface area (Å²) in [6, 6.07) is 13.6. The zero-order valence-electron chi connectivity index (χ0n) is 24.4. The van der Waals surface area contributed by atoms with Gasteiger partial charge in [-0.1, -0.05) is 64.1 Å². The van der Waals surface area contributed by atoms with Crippen molar-refractivity contribution in [1.82, 2.24) is 15.6 Å². The molecule has 3 aliphatic carbocycles. The van der Waals surface area contributed by atoms with Crippen molar-refractivity contribution in [3.05, 3.63) is 54.2 Å². The van der Waals surface area contributed by atoms with Crippen LogP contribution in [0.3, 0.4) is 0 Å². The number of hydrogen-bond acceptors (Lipinski definition) is 6. The number of carbonyl (C=O) groups excluding carboxylic acids is 2. The average Bonchev–Trinajstić information content (AvgIpc) is 3.28. The van der Waals surface area contributed by atoms with Gasteiger partial charge in [0.15, 0.2) is 0 Å². The Kier molecular flexibility index (Phi) is 7.85. The lowest BCUT2D eigenvalue weighted by molar-refractivity contribution is -0.199. The molecule has 214 valence electrons. The fourth-order valence-corrected chi connectivity index (χ4v) is 7.04. The van der Waals surface area contributed by atoms with Crippen LogP contribution in [0.1, 0.15) is 71.3 Å². The van der Waals surface area contributed by atoms with Gasteiger partial charge < -0.3 is 25.0 Å². The number of aliphatic hydroxyl groups is 1. The van der Waals surface area contributed by atoms with Gasteiger partial charge in [0.05, 0.1) is 29.4 Å². The molecule has 2 amide bonds. The van der Waals surface area contributed by atoms with Crippen molar-refractivity contribution < 1.29 is 24.0 Å². The first-order chi connectivity index (χ1) is 18.9. The molecule has 3 N–H and O–H groups in total. The number of pyridine rings is 1. The molecule has 2 unspecified atom stereocenters. The number of nitrogens with one attached hydrogen (secondary N) is 2. The monoisotopic (exact) mass is 547 g/mol. The maximum atomic E-state index is 13.5. The largest absolute Gasteiger partial charge is 0.481 e. The van der Waals surface area contributed by atoms with Gasteiger partial charge in [0.1, 0.15) is 11.7 Å². The third-order valence-electron chi connectivity index (χ3n) is 9.45. The minimum absolute atomic E-state index is 0.00364. The average molecular weight is 548 g/mol. The molecular weight excluding hydrogens is 505 g/mol. The van der Waals surface area contributed by atoms with Crippen LogP contribution in [0, 0.1) is 23.2 Å². The van der Waals surface area contributed by atoms with Gasteiger partial charge in [-0.25, -0.2) is 4.98 Å². The first kappa shape index (κ1) is 28.8. The SMILES string of the molecule is CC(C)CC(NC(=O)C(NC(=O)c1cccc(-c2ccccc2)n1)[C@@H](C)O)B1O[C@@H]2C[C@@H]3C[C@@H](C3(C)C)[C@]2(C)O1. The Hall–Kier alpha value is -2.75. The number of carbonyl (C=O) groups is 2. The zero-order valence-corrected chi connectivity index (χ0v) is 24.4. The van der Waals surface area contributed by atoms with E-state index in [0.29, 0.717) is 24.0 Å². The maximum absolute atomic E-state index is 13.5. The highest BCUT2D eigenvalue weighted by molar-refractivity contribution is 6.48. The van der Waals surface area contributed by atoms with Gasteiger partial charge in [-0.2, -0.15) is 0 Å². The van der Waals surface area contributed by atoms with E-state index in [1.165, 1.54) is 6.92 Å². The summed E-state index contributed by atoms with van der Waals surface area (Å²) in [5, 5.41) is 16.3. The van der Waals surface area contributed by atoms with Crippen LogP contribution in [0.2, 0.25) is 0 Å². The highest BCUT2D eigenvalue weighted by Gasteiger charge is 2.68. The number of aliphatic hydroxyl groups excluding tert-OH is 1. The van der Waals surface area contributed by atoms with Crippen molar-refractivity contribution in [1.29, 1.82) is 0 Å². The van der Waals surface area contributed by atoms with E-state index in [1.807, 2.05) is 36.4 Å². The molecule has 7 atom stereocenters. The summed E-state index contributed by atoms with van der Waals surface area (Å²) in [6.07, 6.45) is 1.61. The number of nitrogens with zero attached hydrogens (tertiary/aromatic N) is 1. The minimum Gasteiger partial charge on any atom is -0.404 e. The smallest absolute Gasteiger partial charge is 0.404 e. The second-order valence-corrected chi connectivity index (χ2v) is 13.0. The summed E-state index contributed by atoms with van der Waals surface area (Å²) in [5.74, 6) is -0.138. The highest BCUT2D eigenvalue weighted by atomic mass is 16.7. The van der Waals surface area contributed by atoms with E-state index < -0.39 is 42.6 Å². The first-order valence-electron chi connectivity index (χ1n) is 14.5. The van der Waals surface area contributed by atoms with E-state index in [-0.39, 0.29) is 23.1 Å². The molecule has 6 rings (SSSR count). The van der Waals surface area contributed by atoms with E-state index in [2.05, 4.69) is 50.2 Å². The van der Waals surface area contributed by atoms with Crippen LogP contribution in [0.15, 0.2) is 48.5 Å². The molecule has 1 aliphatic heterocycles. The van der Waals surface area contributed by atoms with Crippen LogP contribution in [0.5, 0.6) is 0 Å². The molecule has 4 aliphatic rings. The highest BCUT2D eigenvalue weighted by Crippen LogP contribution is 2.65. The molecule has 8 nitrogen and oxygen atoms in total. The standard InChI is InChI=1S/C31H42BN3O5/c1-18(2)15-26(32-39-25-17-21-16-24(30(21,4)5)31(25,6)40-32)34-29(38)27(19(3)36)35-28(37)23-14-10-13-22(33-23)20-11-8-7-9-12-20/h7-14,18-19,21,24-27,36H,15-17H2,1-6H3,(H,34,38)(H,35,37)/t19-,21+,24+,25-,26?,27?,31+/m1/s1. The van der Waals surface area contributed by atoms with Crippen LogP contribution in [0.25, 0.3) is 11.3 Å². The molecule has 3 saturated carbocycles. The number of amides is 2. The van der Waals surface area contributed by atoms with Crippen LogP contribution in [-0.2, 0) is 14.1 Å². The van der Waals surface area contributed by atoms with Gasteiger partial charge in [0.2, 0.25) is 5.91 Å². The first-order valence-corrected chi connectivity index (χ1v) is 14.5. The van der Waals surface area contributed by atoms with E-state index in [0.717, 1.165) is 18.4 Å². The normalized spacial score (nSPS) is 28.7. The van der Waals surface area contributed by atoms with E-state index in [4.69, 9.17) is 9.31 Å². The summed E-state index contributed by atoms with van der Waals surface area (Å²) < 4.78 is 13.1. The Morgan fingerprint density at radius 3 is 2.42 bits per heavy atom. The van der Waals surface area contributed by atoms with Crippen LogP contribution >= 0.6 is 0 Å². The van der Waals surface area contributed by atoms with Crippen LogP contribution in [0.4, 0.5) is 0 Å². The number of aromatic nitrogens is 1. The topological polar surface area (TPSA) is 110 Å². The summed E-state index contributed by atoms with van der Waals surface area (Å²) in [4.78, 5) is 31.2. The summed E-state index contributed by atoms with van der Waals surface area (Å²) in [7, 11) is -0.592. The summed E-state index contributed by atoms with van der Waals surface area (Å²) in [5.41, 5.74) is 1.52. The Balaban J connectivity index is 1.29. The summed E-state index contributed by atoms with van der Waals surface area (Å²) in [6.45, 7) is 12.5. The van der Waals surface area contributed by atoms with Crippen molar-refractivity contribution in [2.24, 2.45) is 23.2 Å². The van der Waals surface area contributed by atoms with Gasteiger partial charge >= 0.3 is 7.12 Å². The second kappa shape index (κ2) is 10.9.